The van der Waals surface area contributed by atoms with E-state index in [-0.39, 0.29) is 42.0 Å². The molecule has 0 radical (unpaired) electrons. The Labute approximate surface area is 234 Å². The van der Waals surface area contributed by atoms with Gasteiger partial charge in [-0.3, -0.25) is 19.7 Å². The predicted molar refractivity (Wildman–Crippen MR) is 143 cm³/mol. The summed E-state index contributed by atoms with van der Waals surface area (Å²) in [4.78, 5) is 61.0. The van der Waals surface area contributed by atoms with Crippen LogP contribution in [0.2, 0.25) is 0 Å². The van der Waals surface area contributed by atoms with Gasteiger partial charge in [-0.1, -0.05) is 36.4 Å². The van der Waals surface area contributed by atoms with Crippen LogP contribution >= 0.6 is 0 Å². The Hall–Kier alpha value is -5.11. The van der Waals surface area contributed by atoms with Crippen molar-refractivity contribution in [2.45, 2.75) is 36.7 Å². The normalized spacial score (nSPS) is 14.4. The van der Waals surface area contributed by atoms with E-state index in [1.54, 1.807) is 24.3 Å². The fourth-order valence-corrected chi connectivity index (χ4v) is 5.46. The first kappa shape index (κ1) is 28.9. The van der Waals surface area contributed by atoms with E-state index in [1.807, 2.05) is 4.72 Å². The highest BCUT2D eigenvalue weighted by Crippen LogP contribution is 2.28. The molecule has 0 fully saturated rings. The number of nitrogens with zero attached hydrogens (tertiary/aromatic N) is 2. The summed E-state index contributed by atoms with van der Waals surface area (Å²) in [5.74, 6) is -2.39. The van der Waals surface area contributed by atoms with Gasteiger partial charge in [0.05, 0.1) is 9.82 Å². The van der Waals surface area contributed by atoms with Gasteiger partial charge in [0.1, 0.15) is 6.04 Å². The summed E-state index contributed by atoms with van der Waals surface area (Å²) >= 11 is 0. The van der Waals surface area contributed by atoms with Gasteiger partial charge in [0.25, 0.3) is 21.6 Å². The van der Waals surface area contributed by atoms with Crippen LogP contribution in [-0.2, 0) is 43.7 Å². The fourth-order valence-electron chi connectivity index (χ4n) is 4.42. The van der Waals surface area contributed by atoms with Gasteiger partial charge in [-0.25, -0.2) is 22.7 Å². The smallest absolute Gasteiger partial charge is 0.375 e. The van der Waals surface area contributed by atoms with Crippen molar-refractivity contribution in [3.8, 4) is 0 Å². The Morgan fingerprint density at radius 2 is 1.73 bits per heavy atom. The fraction of sp³-hybridized carbons (Fsp3) is 0.185. The second kappa shape index (κ2) is 12.0. The molecule has 0 aromatic heterocycles. The van der Waals surface area contributed by atoms with Crippen molar-refractivity contribution >= 4 is 39.6 Å². The summed E-state index contributed by atoms with van der Waals surface area (Å²) in [6, 6.07) is 16.4. The third-order valence-electron chi connectivity index (χ3n) is 6.42. The number of ether oxygens (including phenoxy) is 1. The molecule has 4 rings (SSSR count). The number of rotatable bonds is 8. The number of amides is 3. The Balaban J connectivity index is 1.50. The maximum Gasteiger partial charge on any atom is 0.412 e. The van der Waals surface area contributed by atoms with Crippen molar-refractivity contribution in [2.24, 2.45) is 5.73 Å². The zero-order valence-corrected chi connectivity index (χ0v) is 22.2. The standard InChI is InChI=1S/C27H24N4O9S/c28-27(35)40-26(34)23-15-19-10-11-21(31(36)37)14-20(19)16-30(23)24(32)12-9-17-5-4-8-22(13-17)41(38,39)29-25(33)18-6-2-1-3-7-18/h1-8,10-11,13-14,23H,9,12,15-16H2,(H2,28,35)(H,29,33). The number of esters is 1. The number of carbonyl (C=O) groups excluding carboxylic acids is 4. The molecule has 1 atom stereocenters. The largest absolute Gasteiger partial charge is 0.412 e. The van der Waals surface area contributed by atoms with E-state index in [0.29, 0.717) is 16.7 Å². The highest BCUT2D eigenvalue weighted by molar-refractivity contribution is 7.90. The van der Waals surface area contributed by atoms with Crippen molar-refractivity contribution in [1.29, 1.82) is 0 Å². The lowest BCUT2D eigenvalue weighted by Crippen LogP contribution is -2.50. The first-order chi connectivity index (χ1) is 19.4. The highest BCUT2D eigenvalue weighted by atomic mass is 32.2. The second-order valence-electron chi connectivity index (χ2n) is 9.14. The van der Waals surface area contributed by atoms with Crippen LogP contribution in [0.1, 0.15) is 33.5 Å². The van der Waals surface area contributed by atoms with Crippen LogP contribution < -0.4 is 10.5 Å². The van der Waals surface area contributed by atoms with Gasteiger partial charge in [0, 0.05) is 37.1 Å². The molecule has 1 heterocycles. The Morgan fingerprint density at radius 3 is 2.41 bits per heavy atom. The molecular weight excluding hydrogens is 556 g/mol. The van der Waals surface area contributed by atoms with Crippen LogP contribution in [0, 0.1) is 10.1 Å². The van der Waals surface area contributed by atoms with Gasteiger partial charge in [0.2, 0.25) is 5.91 Å². The van der Waals surface area contributed by atoms with Gasteiger partial charge in [-0.2, -0.15) is 0 Å². The van der Waals surface area contributed by atoms with Gasteiger partial charge in [-0.05, 0) is 47.4 Å². The summed E-state index contributed by atoms with van der Waals surface area (Å²) in [5.41, 5.74) is 6.44. The number of nitro benzene ring substituents is 1. The minimum atomic E-state index is -4.22. The van der Waals surface area contributed by atoms with Crippen molar-refractivity contribution in [1.82, 2.24) is 9.62 Å². The van der Waals surface area contributed by atoms with Crippen LogP contribution in [0.5, 0.6) is 0 Å². The number of nitro groups is 1. The number of benzene rings is 3. The minimum absolute atomic E-state index is 0.0555. The maximum absolute atomic E-state index is 13.3. The third-order valence-corrected chi connectivity index (χ3v) is 7.75. The first-order valence-corrected chi connectivity index (χ1v) is 13.7. The van der Waals surface area contributed by atoms with E-state index in [0.717, 1.165) is 4.90 Å². The van der Waals surface area contributed by atoms with Crippen LogP contribution in [0.3, 0.4) is 0 Å². The molecular formula is C27H24N4O9S. The van der Waals surface area contributed by atoms with E-state index in [9.17, 15) is 37.7 Å². The number of fused-ring (bicyclic) bond motifs is 1. The quantitative estimate of drug-likeness (QED) is 0.174. The molecule has 1 aliphatic heterocycles. The number of primary amides is 1. The van der Waals surface area contributed by atoms with Crippen molar-refractivity contribution in [2.75, 3.05) is 0 Å². The monoisotopic (exact) mass is 580 g/mol. The lowest BCUT2D eigenvalue weighted by atomic mass is 9.93. The number of sulfonamides is 1. The average molecular weight is 581 g/mol. The van der Waals surface area contributed by atoms with Crippen LogP contribution in [0.15, 0.2) is 77.7 Å². The molecule has 1 aliphatic rings. The Morgan fingerprint density at radius 1 is 1.00 bits per heavy atom. The Kier molecular flexibility index (Phi) is 8.42. The van der Waals surface area contributed by atoms with Crippen LogP contribution in [-0.4, -0.2) is 48.2 Å². The zero-order valence-electron chi connectivity index (χ0n) is 21.4. The summed E-state index contributed by atoms with van der Waals surface area (Å²) in [6.45, 7) is -0.158. The Bertz CT molecular complexity index is 1640. The molecule has 0 saturated heterocycles. The van der Waals surface area contributed by atoms with Crippen molar-refractivity contribution in [3.05, 3.63) is 105 Å². The van der Waals surface area contributed by atoms with Gasteiger partial charge >= 0.3 is 12.1 Å². The third kappa shape index (κ3) is 6.91. The van der Waals surface area contributed by atoms with Crippen molar-refractivity contribution in [3.63, 3.8) is 0 Å². The van der Waals surface area contributed by atoms with E-state index in [2.05, 4.69) is 4.74 Å². The molecule has 0 saturated carbocycles. The van der Waals surface area contributed by atoms with Gasteiger partial charge in [-0.15, -0.1) is 0 Å². The first-order valence-electron chi connectivity index (χ1n) is 12.2. The molecule has 0 aliphatic carbocycles. The summed E-state index contributed by atoms with van der Waals surface area (Å²) in [7, 11) is -4.22. The number of aryl methyl sites for hydroxylation is 1. The van der Waals surface area contributed by atoms with E-state index < -0.39 is 44.9 Å². The molecule has 3 aromatic rings. The molecule has 1 unspecified atom stereocenters. The second-order valence-corrected chi connectivity index (χ2v) is 10.8. The minimum Gasteiger partial charge on any atom is -0.375 e. The van der Waals surface area contributed by atoms with Gasteiger partial charge < -0.3 is 15.4 Å². The molecule has 41 heavy (non-hydrogen) atoms. The molecule has 3 N–H and O–H groups in total. The molecule has 212 valence electrons. The summed E-state index contributed by atoms with van der Waals surface area (Å²) in [6.07, 6.45) is -1.51. The zero-order chi connectivity index (χ0) is 29.7. The number of nitrogens with two attached hydrogens (primary N) is 1. The SMILES string of the molecule is NC(=O)OC(=O)C1Cc2ccc([N+](=O)[O-])cc2CN1C(=O)CCc1cccc(S(=O)(=O)NC(=O)c2ccccc2)c1. The molecule has 0 bridgehead atoms. The molecule has 0 spiro atoms. The molecule has 3 aromatic carbocycles. The topological polar surface area (TPSA) is 196 Å². The number of carbonyl (C=O) groups is 4. The molecule has 14 heteroatoms. The van der Waals surface area contributed by atoms with Crippen LogP contribution in [0.25, 0.3) is 0 Å². The average Bonchev–Trinajstić information content (AvgIpc) is 2.94. The molecule has 3 amide bonds. The van der Waals surface area contributed by atoms with E-state index in [1.165, 1.54) is 48.5 Å². The lowest BCUT2D eigenvalue weighted by molar-refractivity contribution is -0.385. The van der Waals surface area contributed by atoms with Gasteiger partial charge in [0.15, 0.2) is 0 Å². The highest BCUT2D eigenvalue weighted by Gasteiger charge is 2.37. The number of nitrogens with one attached hydrogen (secondary N) is 1. The molecule has 13 nitrogen and oxygen atoms in total. The summed E-state index contributed by atoms with van der Waals surface area (Å²) in [5, 5.41) is 11.2. The van der Waals surface area contributed by atoms with Crippen LogP contribution in [0.4, 0.5) is 10.5 Å². The lowest BCUT2D eigenvalue weighted by Gasteiger charge is -2.35. The van der Waals surface area contributed by atoms with E-state index >= 15 is 0 Å². The number of hydrogen-bond acceptors (Lipinski definition) is 9. The summed E-state index contributed by atoms with van der Waals surface area (Å²) < 4.78 is 32.1. The van der Waals surface area contributed by atoms with Crippen molar-refractivity contribution < 1.29 is 37.3 Å². The number of hydrogen-bond donors (Lipinski definition) is 2. The number of non-ortho nitro benzene ring substituents is 1. The maximum atomic E-state index is 13.3. The predicted octanol–water partition coefficient (Wildman–Crippen LogP) is 2.22. The van der Waals surface area contributed by atoms with E-state index in [4.69, 9.17) is 5.73 Å².